The van der Waals surface area contributed by atoms with E-state index in [1.54, 1.807) is 6.07 Å². The van der Waals surface area contributed by atoms with Crippen LogP contribution in [0.15, 0.2) is 17.0 Å². The van der Waals surface area contributed by atoms with E-state index < -0.39 is 0 Å². The molecule has 1 aromatic carbocycles. The molecule has 0 spiro atoms. The number of carbonyl (C=O) groups excluding carboxylic acids is 1. The summed E-state index contributed by atoms with van der Waals surface area (Å²) in [6.45, 7) is 0. The molecular weight excluding hydrogens is 290 g/mol. The van der Waals surface area contributed by atoms with Crippen molar-refractivity contribution in [2.24, 2.45) is 0 Å². The van der Waals surface area contributed by atoms with Crippen LogP contribution in [0.3, 0.4) is 0 Å². The number of hydrogen-bond acceptors (Lipinski definition) is 4. The number of rotatable bonds is 3. The van der Waals surface area contributed by atoms with Crippen molar-refractivity contribution in [1.29, 1.82) is 5.26 Å². The van der Waals surface area contributed by atoms with Gasteiger partial charge in [-0.25, -0.2) is 0 Å². The highest BCUT2D eigenvalue weighted by Crippen LogP contribution is 2.22. The van der Waals surface area contributed by atoms with Crippen molar-refractivity contribution in [2.45, 2.75) is 16.6 Å². The van der Waals surface area contributed by atoms with Gasteiger partial charge in [0.05, 0.1) is 19.1 Å². The lowest BCUT2D eigenvalue weighted by molar-refractivity contribution is -0.139. The van der Waals surface area contributed by atoms with Gasteiger partial charge in [0.15, 0.2) is 0 Å². The average molecular weight is 300 g/mol. The maximum atomic E-state index is 11.2. The molecule has 0 aliphatic carbocycles. The summed E-state index contributed by atoms with van der Waals surface area (Å²) in [5, 5.41) is 9.64. The molecule has 0 heterocycles. The van der Waals surface area contributed by atoms with E-state index in [-0.39, 0.29) is 12.4 Å². The van der Waals surface area contributed by atoms with Crippen molar-refractivity contribution in [2.75, 3.05) is 7.11 Å². The fraction of sp³-hybridized carbons (Fsp3) is 0.273. The van der Waals surface area contributed by atoms with Gasteiger partial charge in [0, 0.05) is 10.2 Å². The third-order valence-electron chi connectivity index (χ3n) is 2.09. The number of nitriles is 1. The van der Waals surface area contributed by atoms with E-state index in [1.165, 1.54) is 7.11 Å². The van der Waals surface area contributed by atoms with E-state index in [4.69, 9.17) is 5.26 Å². The zero-order valence-corrected chi connectivity index (χ0v) is 11.1. The van der Waals surface area contributed by atoms with Crippen LogP contribution >= 0.6 is 28.6 Å². The van der Waals surface area contributed by atoms with E-state index in [0.29, 0.717) is 21.4 Å². The lowest BCUT2D eigenvalue weighted by Crippen LogP contribution is -2.07. The molecular formula is C11H10BrNO2S. The number of alkyl halides is 1. The maximum Gasteiger partial charge on any atom is 0.310 e. The normalized spacial score (nSPS) is 9.62. The van der Waals surface area contributed by atoms with Gasteiger partial charge >= 0.3 is 5.97 Å². The molecule has 0 aliphatic rings. The van der Waals surface area contributed by atoms with Crippen molar-refractivity contribution in [1.82, 2.24) is 0 Å². The van der Waals surface area contributed by atoms with Gasteiger partial charge < -0.3 is 4.74 Å². The Labute approximate surface area is 108 Å². The minimum Gasteiger partial charge on any atom is -0.469 e. The van der Waals surface area contributed by atoms with Crippen LogP contribution < -0.4 is 0 Å². The highest BCUT2D eigenvalue weighted by Gasteiger charge is 2.12. The molecule has 16 heavy (non-hydrogen) atoms. The van der Waals surface area contributed by atoms with Crippen LogP contribution in [0.4, 0.5) is 0 Å². The van der Waals surface area contributed by atoms with Gasteiger partial charge in [0.2, 0.25) is 0 Å². The summed E-state index contributed by atoms with van der Waals surface area (Å²) in [4.78, 5) is 11.8. The fourth-order valence-electron chi connectivity index (χ4n) is 1.32. The Morgan fingerprint density at radius 1 is 1.62 bits per heavy atom. The lowest BCUT2D eigenvalue weighted by atomic mass is 10.0. The van der Waals surface area contributed by atoms with Crippen molar-refractivity contribution in [3.8, 4) is 6.07 Å². The van der Waals surface area contributed by atoms with Gasteiger partial charge in [0.1, 0.15) is 6.07 Å². The molecule has 1 rings (SSSR count). The molecule has 84 valence electrons. The molecule has 3 nitrogen and oxygen atoms in total. The smallest absolute Gasteiger partial charge is 0.310 e. The van der Waals surface area contributed by atoms with Crippen LogP contribution in [0.2, 0.25) is 0 Å². The SMILES string of the molecule is COC(=O)Cc1cc(CBr)cc(S)c1C#N. The summed E-state index contributed by atoms with van der Waals surface area (Å²) >= 11 is 7.55. The molecule has 0 aliphatic heterocycles. The molecule has 0 saturated carbocycles. The van der Waals surface area contributed by atoms with Crippen LogP contribution in [0.5, 0.6) is 0 Å². The summed E-state index contributed by atoms with van der Waals surface area (Å²) in [6, 6.07) is 5.66. The summed E-state index contributed by atoms with van der Waals surface area (Å²) in [6.07, 6.45) is 0.0911. The van der Waals surface area contributed by atoms with Crippen LogP contribution in [-0.2, 0) is 21.3 Å². The van der Waals surface area contributed by atoms with Crippen LogP contribution in [0.1, 0.15) is 16.7 Å². The summed E-state index contributed by atoms with van der Waals surface area (Å²) in [5.74, 6) is -0.365. The van der Waals surface area contributed by atoms with Crippen LogP contribution in [0, 0.1) is 11.3 Å². The van der Waals surface area contributed by atoms with Gasteiger partial charge in [-0.3, -0.25) is 4.79 Å². The molecule has 0 radical (unpaired) electrons. The number of nitrogens with zero attached hydrogens (tertiary/aromatic N) is 1. The van der Waals surface area contributed by atoms with Gasteiger partial charge in [-0.05, 0) is 17.2 Å². The zero-order valence-electron chi connectivity index (χ0n) is 8.66. The second-order valence-electron chi connectivity index (χ2n) is 3.15. The van der Waals surface area contributed by atoms with E-state index in [2.05, 4.69) is 33.3 Å². The average Bonchev–Trinajstić information content (AvgIpc) is 2.28. The number of hydrogen-bond donors (Lipinski definition) is 1. The molecule has 1 aromatic rings. The first-order valence-electron chi connectivity index (χ1n) is 4.50. The highest BCUT2D eigenvalue weighted by atomic mass is 79.9. The van der Waals surface area contributed by atoms with E-state index in [9.17, 15) is 4.79 Å². The number of methoxy groups -OCH3 is 1. The van der Waals surface area contributed by atoms with Gasteiger partial charge in [-0.15, -0.1) is 12.6 Å². The van der Waals surface area contributed by atoms with Crippen molar-refractivity contribution >= 4 is 34.5 Å². The molecule has 0 fully saturated rings. The Kier molecular flexibility index (Phi) is 4.84. The van der Waals surface area contributed by atoms with Crippen molar-refractivity contribution in [3.05, 3.63) is 28.8 Å². The minimum absolute atomic E-state index is 0.0911. The standard InChI is InChI=1S/C11H10BrNO2S/c1-15-11(14)4-8-2-7(5-12)3-10(16)9(8)6-13/h2-3,16H,4-5H2,1H3. The monoisotopic (exact) mass is 299 g/mol. The van der Waals surface area contributed by atoms with Crippen molar-refractivity contribution in [3.63, 3.8) is 0 Å². The number of carbonyl (C=O) groups is 1. The Hall–Kier alpha value is -0.990. The third-order valence-corrected chi connectivity index (χ3v) is 3.09. The summed E-state index contributed by atoms with van der Waals surface area (Å²) in [7, 11) is 1.32. The quantitative estimate of drug-likeness (QED) is 0.530. The first-order chi connectivity index (χ1) is 7.62. The highest BCUT2D eigenvalue weighted by molar-refractivity contribution is 9.08. The molecule has 0 amide bonds. The Balaban J connectivity index is 3.19. The molecule has 0 unspecified atom stereocenters. The van der Waals surface area contributed by atoms with E-state index in [1.807, 2.05) is 12.1 Å². The van der Waals surface area contributed by atoms with Crippen LogP contribution in [0.25, 0.3) is 0 Å². The van der Waals surface area contributed by atoms with E-state index >= 15 is 0 Å². The number of thiol groups is 1. The summed E-state index contributed by atoms with van der Waals surface area (Å²) in [5.41, 5.74) is 2.05. The predicted octanol–water partition coefficient (Wildman–Crippen LogP) is 2.46. The van der Waals surface area contributed by atoms with Crippen LogP contribution in [-0.4, -0.2) is 13.1 Å². The molecule has 0 saturated heterocycles. The van der Waals surface area contributed by atoms with Crippen molar-refractivity contribution < 1.29 is 9.53 Å². The Morgan fingerprint density at radius 3 is 2.81 bits per heavy atom. The molecule has 0 bridgehead atoms. The largest absolute Gasteiger partial charge is 0.469 e. The van der Waals surface area contributed by atoms with Gasteiger partial charge in [0.25, 0.3) is 0 Å². The second-order valence-corrected chi connectivity index (χ2v) is 4.19. The Bertz CT molecular complexity index is 454. The van der Waals surface area contributed by atoms with E-state index in [0.717, 1.165) is 5.56 Å². The number of ether oxygens (including phenoxy) is 1. The number of halogens is 1. The first-order valence-corrected chi connectivity index (χ1v) is 6.07. The predicted molar refractivity (Wildman–Crippen MR) is 66.8 cm³/mol. The number of esters is 1. The number of benzene rings is 1. The first kappa shape index (κ1) is 13.1. The zero-order chi connectivity index (χ0) is 12.1. The second kappa shape index (κ2) is 5.92. The summed E-state index contributed by atoms with van der Waals surface area (Å²) < 4.78 is 4.58. The molecule has 0 aromatic heterocycles. The maximum absolute atomic E-state index is 11.2. The Morgan fingerprint density at radius 2 is 2.31 bits per heavy atom. The minimum atomic E-state index is -0.365. The topological polar surface area (TPSA) is 50.1 Å². The fourth-order valence-corrected chi connectivity index (χ4v) is 2.01. The lowest BCUT2D eigenvalue weighted by Gasteiger charge is -2.07. The third kappa shape index (κ3) is 3.00. The molecule has 0 N–H and O–H groups in total. The molecule has 5 heteroatoms. The van der Waals surface area contributed by atoms with Gasteiger partial charge in [-0.2, -0.15) is 5.26 Å². The van der Waals surface area contributed by atoms with Gasteiger partial charge in [-0.1, -0.05) is 22.0 Å². The molecule has 0 atom stereocenters.